The summed E-state index contributed by atoms with van der Waals surface area (Å²) in [6, 6.07) is 15.3. The average Bonchev–Trinajstić information content (AvgIpc) is 2.48. The number of methoxy groups -OCH3 is 1. The van der Waals surface area contributed by atoms with Gasteiger partial charge in [0, 0.05) is 31.0 Å². The highest BCUT2D eigenvalue weighted by Crippen LogP contribution is 2.19. The summed E-state index contributed by atoms with van der Waals surface area (Å²) in [6.45, 7) is 0. The number of benzene rings is 2. The summed E-state index contributed by atoms with van der Waals surface area (Å²) < 4.78 is 5.25. The zero-order valence-corrected chi connectivity index (χ0v) is 12.6. The van der Waals surface area contributed by atoms with E-state index in [-0.39, 0.29) is 5.91 Å². The van der Waals surface area contributed by atoms with Crippen molar-refractivity contribution in [2.45, 2.75) is 6.42 Å². The predicted molar refractivity (Wildman–Crippen MR) is 86.1 cm³/mol. The number of carbonyl (C=O) groups is 1. The highest BCUT2D eigenvalue weighted by Gasteiger charge is 2.08. The van der Waals surface area contributed by atoms with Gasteiger partial charge in [-0.2, -0.15) is 0 Å². The van der Waals surface area contributed by atoms with Crippen LogP contribution in [0.4, 0.5) is 11.4 Å². The van der Waals surface area contributed by atoms with Crippen LogP contribution in [0.3, 0.4) is 0 Å². The number of carbonyl (C=O) groups excluding carboxylic acids is 1. The number of amides is 1. The molecule has 4 heteroatoms. The minimum absolute atomic E-state index is 0.0582. The Morgan fingerprint density at radius 3 is 2.38 bits per heavy atom. The fourth-order valence-corrected chi connectivity index (χ4v) is 2.07. The number of hydrogen-bond donors (Lipinski definition) is 1. The quantitative estimate of drug-likeness (QED) is 0.918. The van der Waals surface area contributed by atoms with Gasteiger partial charge in [-0.15, -0.1) is 0 Å². The lowest BCUT2D eigenvalue weighted by atomic mass is 10.1. The molecule has 0 bridgehead atoms. The molecular weight excluding hydrogens is 264 g/mol. The van der Waals surface area contributed by atoms with Crippen molar-refractivity contribution < 1.29 is 9.53 Å². The third kappa shape index (κ3) is 3.99. The van der Waals surface area contributed by atoms with Crippen LogP contribution in [0, 0.1) is 0 Å². The third-order valence-electron chi connectivity index (χ3n) is 3.21. The van der Waals surface area contributed by atoms with E-state index in [1.165, 1.54) is 0 Å². The second-order valence-corrected chi connectivity index (χ2v) is 4.98. The van der Waals surface area contributed by atoms with E-state index in [0.717, 1.165) is 22.7 Å². The van der Waals surface area contributed by atoms with Crippen molar-refractivity contribution in [1.29, 1.82) is 0 Å². The molecule has 4 nitrogen and oxygen atoms in total. The van der Waals surface area contributed by atoms with Gasteiger partial charge in [0.2, 0.25) is 5.91 Å². The zero-order valence-electron chi connectivity index (χ0n) is 12.6. The molecule has 0 radical (unpaired) electrons. The van der Waals surface area contributed by atoms with Crippen LogP contribution in [0.2, 0.25) is 0 Å². The van der Waals surface area contributed by atoms with Crippen molar-refractivity contribution in [3.63, 3.8) is 0 Å². The molecule has 2 aromatic rings. The summed E-state index contributed by atoms with van der Waals surface area (Å²) in [5.41, 5.74) is 2.76. The fraction of sp³-hybridized carbons (Fsp3) is 0.235. The van der Waals surface area contributed by atoms with E-state index in [9.17, 15) is 4.79 Å². The Morgan fingerprint density at radius 2 is 1.76 bits per heavy atom. The van der Waals surface area contributed by atoms with Crippen molar-refractivity contribution in [3.8, 4) is 5.75 Å². The Labute approximate surface area is 125 Å². The van der Waals surface area contributed by atoms with Gasteiger partial charge in [0.05, 0.1) is 13.5 Å². The van der Waals surface area contributed by atoms with Gasteiger partial charge in [0.15, 0.2) is 0 Å². The number of hydrogen-bond acceptors (Lipinski definition) is 3. The Morgan fingerprint density at radius 1 is 1.10 bits per heavy atom. The third-order valence-corrected chi connectivity index (χ3v) is 3.21. The Balaban J connectivity index is 2.01. The number of ether oxygens (including phenoxy) is 1. The summed E-state index contributed by atoms with van der Waals surface area (Å²) >= 11 is 0. The first kappa shape index (κ1) is 14.9. The Hall–Kier alpha value is -2.49. The van der Waals surface area contributed by atoms with Gasteiger partial charge in [-0.1, -0.05) is 18.2 Å². The molecule has 1 amide bonds. The van der Waals surface area contributed by atoms with E-state index in [0.29, 0.717) is 6.42 Å². The largest absolute Gasteiger partial charge is 0.496 e. The molecule has 0 fully saturated rings. The van der Waals surface area contributed by atoms with Crippen LogP contribution in [-0.2, 0) is 11.2 Å². The van der Waals surface area contributed by atoms with E-state index in [1.807, 2.05) is 67.5 Å². The predicted octanol–water partition coefficient (Wildman–Crippen LogP) is 2.94. The van der Waals surface area contributed by atoms with E-state index < -0.39 is 0 Å². The van der Waals surface area contributed by atoms with Gasteiger partial charge in [0.1, 0.15) is 5.75 Å². The normalized spacial score (nSPS) is 10.0. The van der Waals surface area contributed by atoms with Gasteiger partial charge in [-0.3, -0.25) is 4.79 Å². The maximum Gasteiger partial charge on any atom is 0.228 e. The van der Waals surface area contributed by atoms with E-state index >= 15 is 0 Å². The second-order valence-electron chi connectivity index (χ2n) is 4.98. The molecule has 2 rings (SSSR count). The minimum atomic E-state index is -0.0582. The van der Waals surface area contributed by atoms with Gasteiger partial charge in [-0.25, -0.2) is 0 Å². The topological polar surface area (TPSA) is 41.6 Å². The van der Waals surface area contributed by atoms with Crippen LogP contribution in [0.1, 0.15) is 5.56 Å². The minimum Gasteiger partial charge on any atom is -0.496 e. The lowest BCUT2D eigenvalue weighted by Gasteiger charge is -2.13. The van der Waals surface area contributed by atoms with E-state index in [1.54, 1.807) is 7.11 Å². The summed E-state index contributed by atoms with van der Waals surface area (Å²) in [7, 11) is 5.57. The molecule has 0 aromatic heterocycles. The molecule has 21 heavy (non-hydrogen) atoms. The molecule has 0 aliphatic rings. The number of rotatable bonds is 5. The SMILES string of the molecule is COc1ccccc1CC(=O)Nc1ccc(N(C)C)cc1. The lowest BCUT2D eigenvalue weighted by Crippen LogP contribution is -2.15. The zero-order chi connectivity index (χ0) is 15.2. The average molecular weight is 284 g/mol. The number of anilines is 2. The molecule has 1 N–H and O–H groups in total. The van der Waals surface area contributed by atoms with Crippen LogP contribution in [-0.4, -0.2) is 27.1 Å². The molecule has 0 saturated heterocycles. The molecule has 0 heterocycles. The van der Waals surface area contributed by atoms with E-state index in [2.05, 4.69) is 5.32 Å². The summed E-state index contributed by atoms with van der Waals surface area (Å²) in [5, 5.41) is 2.89. The van der Waals surface area contributed by atoms with Crippen molar-refractivity contribution >= 4 is 17.3 Å². The lowest BCUT2D eigenvalue weighted by molar-refractivity contribution is -0.115. The van der Waals surface area contributed by atoms with Crippen molar-refractivity contribution in [2.75, 3.05) is 31.4 Å². The number of nitrogens with zero attached hydrogens (tertiary/aromatic N) is 1. The fourth-order valence-electron chi connectivity index (χ4n) is 2.07. The van der Waals surface area contributed by atoms with Crippen LogP contribution in [0.25, 0.3) is 0 Å². The molecule has 0 spiro atoms. The molecular formula is C17H20N2O2. The van der Waals surface area contributed by atoms with Crippen molar-refractivity contribution in [3.05, 3.63) is 54.1 Å². The molecule has 0 aliphatic heterocycles. The Bertz CT molecular complexity index is 606. The summed E-state index contributed by atoms with van der Waals surface area (Å²) in [4.78, 5) is 14.1. The van der Waals surface area contributed by atoms with Crippen LogP contribution in [0.5, 0.6) is 5.75 Å². The van der Waals surface area contributed by atoms with Gasteiger partial charge < -0.3 is 15.0 Å². The molecule has 0 aliphatic carbocycles. The first-order chi connectivity index (χ1) is 10.1. The molecule has 0 atom stereocenters. The van der Waals surface area contributed by atoms with Gasteiger partial charge >= 0.3 is 0 Å². The Kier molecular flexibility index (Phi) is 4.82. The van der Waals surface area contributed by atoms with Gasteiger partial charge in [-0.05, 0) is 30.3 Å². The van der Waals surface area contributed by atoms with Gasteiger partial charge in [0.25, 0.3) is 0 Å². The van der Waals surface area contributed by atoms with Crippen LogP contribution >= 0.6 is 0 Å². The smallest absolute Gasteiger partial charge is 0.228 e. The van der Waals surface area contributed by atoms with Crippen LogP contribution < -0.4 is 15.0 Å². The standard InChI is InChI=1S/C17H20N2O2/c1-19(2)15-10-8-14(9-11-15)18-17(20)12-13-6-4-5-7-16(13)21-3/h4-11H,12H2,1-3H3,(H,18,20). The first-order valence-electron chi connectivity index (χ1n) is 6.79. The highest BCUT2D eigenvalue weighted by atomic mass is 16.5. The maximum absolute atomic E-state index is 12.1. The summed E-state index contributed by atoms with van der Waals surface area (Å²) in [6.07, 6.45) is 0.291. The highest BCUT2D eigenvalue weighted by molar-refractivity contribution is 5.92. The molecule has 110 valence electrons. The molecule has 0 unspecified atom stereocenters. The first-order valence-corrected chi connectivity index (χ1v) is 6.79. The maximum atomic E-state index is 12.1. The summed E-state index contributed by atoms with van der Waals surface area (Å²) in [5.74, 6) is 0.674. The van der Waals surface area contributed by atoms with Crippen molar-refractivity contribution in [2.24, 2.45) is 0 Å². The van der Waals surface area contributed by atoms with Crippen molar-refractivity contribution in [1.82, 2.24) is 0 Å². The molecule has 0 saturated carbocycles. The monoisotopic (exact) mass is 284 g/mol. The van der Waals surface area contributed by atoms with Crippen LogP contribution in [0.15, 0.2) is 48.5 Å². The number of para-hydroxylation sites is 1. The second kappa shape index (κ2) is 6.79. The van der Waals surface area contributed by atoms with E-state index in [4.69, 9.17) is 4.74 Å². The number of nitrogens with one attached hydrogen (secondary N) is 1. The molecule has 2 aromatic carbocycles.